The molecule has 31 heavy (non-hydrogen) atoms. The summed E-state index contributed by atoms with van der Waals surface area (Å²) < 4.78 is 0. The number of carbonyl (C=O) groups is 1. The van der Waals surface area contributed by atoms with Crippen molar-refractivity contribution in [3.63, 3.8) is 0 Å². The molecule has 1 atom stereocenters. The summed E-state index contributed by atoms with van der Waals surface area (Å²) in [6.07, 6.45) is 0. The summed E-state index contributed by atoms with van der Waals surface area (Å²) in [5.41, 5.74) is 5.28. The van der Waals surface area contributed by atoms with Crippen LogP contribution in [0, 0.1) is 0 Å². The van der Waals surface area contributed by atoms with Gasteiger partial charge in [-0.15, -0.1) is 0 Å². The van der Waals surface area contributed by atoms with Crippen LogP contribution in [0.1, 0.15) is 67.8 Å². The number of hydrogen-bond acceptors (Lipinski definition) is 3. The first kappa shape index (κ1) is 22.6. The summed E-state index contributed by atoms with van der Waals surface area (Å²) in [7, 11) is 0. The highest BCUT2D eigenvalue weighted by molar-refractivity contribution is 5.94. The van der Waals surface area contributed by atoms with Crippen LogP contribution in [-0.4, -0.2) is 17.6 Å². The Morgan fingerprint density at radius 1 is 0.774 bits per heavy atom. The zero-order chi connectivity index (χ0) is 22.4. The molecule has 3 rings (SSSR count). The van der Waals surface area contributed by atoms with E-state index in [0.29, 0.717) is 11.8 Å². The number of nitrogens with one attached hydrogen (secondary N) is 2. The minimum absolute atomic E-state index is 0.0743. The molecule has 0 aliphatic heterocycles. The topological polar surface area (TPSA) is 61.4 Å². The monoisotopic (exact) mass is 416 g/mol. The summed E-state index contributed by atoms with van der Waals surface area (Å²) >= 11 is 0. The Balaban J connectivity index is 1.80. The Bertz CT molecular complexity index is 969. The molecule has 0 bridgehead atoms. The van der Waals surface area contributed by atoms with Gasteiger partial charge in [0.2, 0.25) is 5.91 Å². The van der Waals surface area contributed by atoms with E-state index in [4.69, 9.17) is 0 Å². The lowest BCUT2D eigenvalue weighted by molar-refractivity contribution is -0.115. The zero-order valence-corrected chi connectivity index (χ0v) is 18.7. The van der Waals surface area contributed by atoms with Crippen molar-refractivity contribution < 1.29 is 9.90 Å². The van der Waals surface area contributed by atoms with Crippen molar-refractivity contribution in [1.29, 1.82) is 0 Å². The van der Waals surface area contributed by atoms with Gasteiger partial charge in [0.05, 0.1) is 12.6 Å². The molecule has 1 amide bonds. The molecule has 0 heterocycles. The van der Waals surface area contributed by atoms with Crippen LogP contribution in [0.3, 0.4) is 0 Å². The zero-order valence-electron chi connectivity index (χ0n) is 18.7. The van der Waals surface area contributed by atoms with Gasteiger partial charge in [-0.25, -0.2) is 0 Å². The molecule has 0 spiro atoms. The molecule has 3 N–H and O–H groups in total. The summed E-state index contributed by atoms with van der Waals surface area (Å²) in [5, 5.41) is 16.2. The lowest BCUT2D eigenvalue weighted by atomic mass is 9.92. The van der Waals surface area contributed by atoms with Gasteiger partial charge in [0.1, 0.15) is 5.75 Å². The van der Waals surface area contributed by atoms with Crippen LogP contribution in [0.5, 0.6) is 5.75 Å². The van der Waals surface area contributed by atoms with Gasteiger partial charge < -0.3 is 10.4 Å². The second-order valence-corrected chi connectivity index (χ2v) is 8.49. The van der Waals surface area contributed by atoms with Crippen molar-refractivity contribution in [2.24, 2.45) is 0 Å². The van der Waals surface area contributed by atoms with E-state index in [1.54, 1.807) is 12.1 Å². The first-order chi connectivity index (χ1) is 14.9. The average molecular weight is 417 g/mol. The van der Waals surface area contributed by atoms with E-state index < -0.39 is 0 Å². The summed E-state index contributed by atoms with van der Waals surface area (Å²) in [5.74, 6) is 0.779. The predicted molar refractivity (Wildman–Crippen MR) is 128 cm³/mol. The maximum absolute atomic E-state index is 13.0. The fourth-order valence-electron chi connectivity index (χ4n) is 3.81. The number of aromatic hydroxyl groups is 1. The maximum atomic E-state index is 13.0. The third-order valence-corrected chi connectivity index (χ3v) is 5.46. The summed E-state index contributed by atoms with van der Waals surface area (Å²) in [6, 6.07) is 23.2. The number of hydrogen-bond donors (Lipinski definition) is 3. The predicted octanol–water partition coefficient (Wildman–Crippen LogP) is 5.96. The Labute approximate surface area is 185 Å². The third-order valence-electron chi connectivity index (χ3n) is 5.46. The smallest absolute Gasteiger partial charge is 0.238 e. The quantitative estimate of drug-likeness (QED) is 0.425. The lowest BCUT2D eigenvalue weighted by Gasteiger charge is -2.22. The maximum Gasteiger partial charge on any atom is 0.238 e. The largest absolute Gasteiger partial charge is 0.508 e. The minimum Gasteiger partial charge on any atom is -0.508 e. The van der Waals surface area contributed by atoms with Gasteiger partial charge >= 0.3 is 0 Å². The number of carbonyl (C=O) groups excluding carboxylic acids is 1. The van der Waals surface area contributed by atoms with Gasteiger partial charge in [-0.3, -0.25) is 10.1 Å². The molecule has 0 aliphatic rings. The highest BCUT2D eigenvalue weighted by atomic mass is 16.3. The van der Waals surface area contributed by atoms with Crippen molar-refractivity contribution in [1.82, 2.24) is 5.32 Å². The van der Waals surface area contributed by atoms with E-state index in [1.165, 1.54) is 0 Å². The van der Waals surface area contributed by atoms with Crippen LogP contribution in [0.4, 0.5) is 5.69 Å². The van der Waals surface area contributed by atoms with Crippen molar-refractivity contribution in [2.45, 2.75) is 45.6 Å². The fourth-order valence-corrected chi connectivity index (χ4v) is 3.81. The molecule has 0 saturated carbocycles. The number of anilines is 1. The molecule has 4 heteroatoms. The number of phenolic OH excluding ortho intramolecular Hbond substituents is 1. The fraction of sp³-hybridized carbons (Fsp3) is 0.296. The third kappa shape index (κ3) is 5.74. The Morgan fingerprint density at radius 3 is 1.87 bits per heavy atom. The molecule has 0 saturated heterocycles. The highest BCUT2D eigenvalue weighted by Crippen LogP contribution is 2.32. The van der Waals surface area contributed by atoms with Crippen molar-refractivity contribution in [3.8, 4) is 5.75 Å². The summed E-state index contributed by atoms with van der Waals surface area (Å²) in [6.45, 7) is 8.74. The van der Waals surface area contributed by atoms with E-state index in [9.17, 15) is 9.90 Å². The van der Waals surface area contributed by atoms with Crippen molar-refractivity contribution >= 4 is 11.6 Å². The first-order valence-electron chi connectivity index (χ1n) is 10.9. The van der Waals surface area contributed by atoms with Crippen LogP contribution in [0.25, 0.3) is 0 Å². The van der Waals surface area contributed by atoms with E-state index in [2.05, 4.69) is 56.5 Å². The molecule has 162 valence electrons. The minimum atomic E-state index is -0.155. The van der Waals surface area contributed by atoms with E-state index >= 15 is 0 Å². The van der Waals surface area contributed by atoms with Gasteiger partial charge in [-0.1, -0.05) is 88.4 Å². The Kier molecular flexibility index (Phi) is 7.48. The van der Waals surface area contributed by atoms with Crippen molar-refractivity contribution in [2.75, 3.05) is 11.9 Å². The second-order valence-electron chi connectivity index (χ2n) is 8.49. The highest BCUT2D eigenvalue weighted by Gasteiger charge is 2.18. The number of amides is 1. The van der Waals surface area contributed by atoms with E-state index in [1.807, 2.05) is 42.5 Å². The average Bonchev–Trinajstić information content (AvgIpc) is 2.75. The van der Waals surface area contributed by atoms with Gasteiger partial charge in [-0.2, -0.15) is 0 Å². The first-order valence-corrected chi connectivity index (χ1v) is 10.9. The van der Waals surface area contributed by atoms with Gasteiger partial charge in [0.15, 0.2) is 0 Å². The van der Waals surface area contributed by atoms with E-state index in [0.717, 1.165) is 27.9 Å². The molecule has 3 aromatic carbocycles. The second kappa shape index (κ2) is 10.3. The molecule has 4 nitrogen and oxygen atoms in total. The number of phenols is 1. The van der Waals surface area contributed by atoms with Gasteiger partial charge in [0, 0.05) is 5.69 Å². The molecule has 3 aromatic rings. The van der Waals surface area contributed by atoms with Crippen LogP contribution >= 0.6 is 0 Å². The Morgan fingerprint density at radius 2 is 1.32 bits per heavy atom. The van der Waals surface area contributed by atoms with Gasteiger partial charge in [-0.05, 0) is 46.2 Å². The van der Waals surface area contributed by atoms with Crippen LogP contribution in [0.2, 0.25) is 0 Å². The SMILES string of the molecule is CC(C)c1cccc(C(C)C)c1NC(=O)CNC(c1ccccc1)c1ccc(O)cc1. The lowest BCUT2D eigenvalue weighted by Crippen LogP contribution is -2.32. The molecular weight excluding hydrogens is 384 g/mol. The normalized spacial score (nSPS) is 12.2. The Hall–Kier alpha value is -3.11. The van der Waals surface area contributed by atoms with Crippen LogP contribution < -0.4 is 10.6 Å². The molecule has 0 aliphatic carbocycles. The number of benzene rings is 3. The molecule has 0 aromatic heterocycles. The van der Waals surface area contributed by atoms with Crippen LogP contribution in [0.15, 0.2) is 72.8 Å². The molecule has 1 unspecified atom stereocenters. The van der Waals surface area contributed by atoms with Crippen LogP contribution in [-0.2, 0) is 4.79 Å². The van der Waals surface area contributed by atoms with Gasteiger partial charge in [0.25, 0.3) is 0 Å². The number of para-hydroxylation sites is 1. The summed E-state index contributed by atoms with van der Waals surface area (Å²) in [4.78, 5) is 13.0. The number of rotatable bonds is 8. The van der Waals surface area contributed by atoms with Crippen molar-refractivity contribution in [3.05, 3.63) is 95.1 Å². The molecule has 0 radical (unpaired) electrons. The molecule has 0 fully saturated rings. The van der Waals surface area contributed by atoms with E-state index in [-0.39, 0.29) is 24.2 Å². The molecular formula is C27H32N2O2. The standard InChI is InChI=1S/C27H32N2O2/c1-18(2)23-11-8-12-24(19(3)4)27(23)29-25(31)17-28-26(20-9-6-5-7-10-20)21-13-15-22(30)16-14-21/h5-16,18-19,26,28,30H,17H2,1-4H3,(H,29,31).